The summed E-state index contributed by atoms with van der Waals surface area (Å²) >= 11 is 2.83. The van der Waals surface area contributed by atoms with Crippen LogP contribution in [0.15, 0.2) is 17.2 Å². The molecule has 0 aliphatic heterocycles. The molecule has 0 unspecified atom stereocenters. The van der Waals surface area contributed by atoms with Gasteiger partial charge in [0.05, 0.1) is 16.4 Å². The Morgan fingerprint density at radius 1 is 1.33 bits per heavy atom. The van der Waals surface area contributed by atoms with Gasteiger partial charge in [0, 0.05) is 10.6 Å². The van der Waals surface area contributed by atoms with Gasteiger partial charge < -0.3 is 5.32 Å². The van der Waals surface area contributed by atoms with E-state index in [2.05, 4.69) is 22.4 Å². The second kappa shape index (κ2) is 8.56. The molecular formula is C20H20N4OS2. The van der Waals surface area contributed by atoms with Gasteiger partial charge in [-0.25, -0.2) is 4.98 Å². The van der Waals surface area contributed by atoms with E-state index in [4.69, 9.17) is 0 Å². The SMILES string of the molecule is CC[C@@H](Sc1nc(C)ccc1C#N)C(=O)Nc1sc2c(c1C#N)CCCC2. The van der Waals surface area contributed by atoms with Crippen molar-refractivity contribution in [3.63, 3.8) is 0 Å². The number of carbonyl (C=O) groups is 1. The number of pyridine rings is 1. The number of rotatable bonds is 5. The van der Waals surface area contributed by atoms with E-state index in [1.54, 1.807) is 12.1 Å². The number of nitriles is 2. The van der Waals surface area contributed by atoms with Gasteiger partial charge >= 0.3 is 0 Å². The lowest BCUT2D eigenvalue weighted by molar-refractivity contribution is -0.115. The largest absolute Gasteiger partial charge is 0.316 e. The molecule has 1 aliphatic rings. The molecule has 5 nitrogen and oxygen atoms in total. The molecule has 3 rings (SSSR count). The number of carbonyl (C=O) groups excluding carboxylic acids is 1. The molecule has 1 aliphatic carbocycles. The molecule has 27 heavy (non-hydrogen) atoms. The van der Waals surface area contributed by atoms with Crippen LogP contribution in [0.5, 0.6) is 0 Å². The molecule has 1 N–H and O–H groups in total. The number of aromatic nitrogens is 1. The van der Waals surface area contributed by atoms with Crippen molar-refractivity contribution in [2.45, 2.75) is 56.2 Å². The van der Waals surface area contributed by atoms with Crippen LogP contribution in [0.1, 0.15) is 53.4 Å². The number of aryl methyl sites for hydroxylation is 2. The van der Waals surface area contributed by atoms with E-state index in [1.807, 2.05) is 13.8 Å². The summed E-state index contributed by atoms with van der Waals surface area (Å²) in [5, 5.41) is 22.7. The maximum Gasteiger partial charge on any atom is 0.238 e. The summed E-state index contributed by atoms with van der Waals surface area (Å²) in [7, 11) is 0. The molecule has 0 bridgehead atoms. The fourth-order valence-electron chi connectivity index (χ4n) is 3.13. The Labute approximate surface area is 167 Å². The van der Waals surface area contributed by atoms with Crippen LogP contribution >= 0.6 is 23.1 Å². The molecule has 0 saturated carbocycles. The number of amides is 1. The molecule has 1 amide bonds. The standard InChI is InChI=1S/C20H20N4OS2/c1-3-16(26-19-13(10-21)9-8-12(2)23-19)18(25)24-20-15(11-22)14-6-4-5-7-17(14)27-20/h8-9,16H,3-7H2,1-2H3,(H,24,25)/t16-/m1/s1. The van der Waals surface area contributed by atoms with E-state index in [-0.39, 0.29) is 11.2 Å². The van der Waals surface area contributed by atoms with Crippen molar-refractivity contribution in [2.24, 2.45) is 0 Å². The third-order valence-electron chi connectivity index (χ3n) is 4.56. The molecule has 2 aromatic heterocycles. The molecule has 7 heteroatoms. The highest BCUT2D eigenvalue weighted by atomic mass is 32.2. The van der Waals surface area contributed by atoms with Gasteiger partial charge in [-0.15, -0.1) is 11.3 Å². The summed E-state index contributed by atoms with van der Waals surface area (Å²) in [5.74, 6) is -0.148. The van der Waals surface area contributed by atoms with E-state index >= 15 is 0 Å². The molecule has 0 radical (unpaired) electrons. The number of nitrogens with zero attached hydrogens (tertiary/aromatic N) is 3. The molecule has 0 fully saturated rings. The summed E-state index contributed by atoms with van der Waals surface area (Å²) in [6.45, 7) is 3.80. The molecule has 138 valence electrons. The topological polar surface area (TPSA) is 89.6 Å². The van der Waals surface area contributed by atoms with Crippen molar-refractivity contribution in [3.05, 3.63) is 39.4 Å². The van der Waals surface area contributed by atoms with Gasteiger partial charge in [0.2, 0.25) is 5.91 Å². The summed E-state index contributed by atoms with van der Waals surface area (Å²) in [6.07, 6.45) is 4.72. The van der Waals surface area contributed by atoms with Gasteiger partial charge in [-0.3, -0.25) is 4.79 Å². The number of fused-ring (bicyclic) bond motifs is 1. The monoisotopic (exact) mass is 396 g/mol. The lowest BCUT2D eigenvalue weighted by atomic mass is 9.96. The third kappa shape index (κ3) is 4.16. The Balaban J connectivity index is 1.81. The van der Waals surface area contributed by atoms with Crippen molar-refractivity contribution in [2.75, 3.05) is 5.32 Å². The number of anilines is 1. The van der Waals surface area contributed by atoms with Crippen LogP contribution in [0.2, 0.25) is 0 Å². The van der Waals surface area contributed by atoms with Gasteiger partial charge in [0.25, 0.3) is 0 Å². The summed E-state index contributed by atoms with van der Waals surface area (Å²) in [6, 6.07) is 7.93. The highest BCUT2D eigenvalue weighted by Crippen LogP contribution is 2.38. The minimum Gasteiger partial charge on any atom is -0.316 e. The summed E-state index contributed by atoms with van der Waals surface area (Å²) in [5.41, 5.74) is 3.01. The van der Waals surface area contributed by atoms with Crippen LogP contribution in [0.4, 0.5) is 5.00 Å². The Morgan fingerprint density at radius 2 is 2.11 bits per heavy atom. The first-order valence-electron chi connectivity index (χ1n) is 8.97. The Morgan fingerprint density at radius 3 is 2.81 bits per heavy atom. The predicted octanol–water partition coefficient (Wildman–Crippen LogP) is 4.58. The van der Waals surface area contributed by atoms with Gasteiger partial charge in [-0.1, -0.05) is 18.7 Å². The number of hydrogen-bond donors (Lipinski definition) is 1. The number of thioether (sulfide) groups is 1. The second-order valence-electron chi connectivity index (χ2n) is 6.45. The molecule has 2 aromatic rings. The average Bonchev–Trinajstić information content (AvgIpc) is 3.02. The van der Waals surface area contributed by atoms with Crippen molar-refractivity contribution in [1.82, 2.24) is 4.98 Å². The first-order valence-corrected chi connectivity index (χ1v) is 10.7. The van der Waals surface area contributed by atoms with E-state index in [1.165, 1.54) is 28.0 Å². The van der Waals surface area contributed by atoms with Gasteiger partial charge in [0.1, 0.15) is 22.2 Å². The van der Waals surface area contributed by atoms with Gasteiger partial charge in [-0.05, 0) is 56.7 Å². The lowest BCUT2D eigenvalue weighted by Crippen LogP contribution is -2.24. The van der Waals surface area contributed by atoms with Gasteiger partial charge in [-0.2, -0.15) is 10.5 Å². The van der Waals surface area contributed by atoms with Crippen LogP contribution in [-0.2, 0) is 17.6 Å². The molecule has 0 aromatic carbocycles. The predicted molar refractivity (Wildman–Crippen MR) is 108 cm³/mol. The zero-order valence-electron chi connectivity index (χ0n) is 15.3. The zero-order chi connectivity index (χ0) is 19.4. The van der Waals surface area contributed by atoms with Crippen LogP contribution < -0.4 is 5.32 Å². The minimum absolute atomic E-state index is 0.148. The Hall–Kier alpha value is -2.35. The van der Waals surface area contributed by atoms with Crippen LogP contribution in [-0.4, -0.2) is 16.1 Å². The van der Waals surface area contributed by atoms with Crippen molar-refractivity contribution in [3.8, 4) is 12.1 Å². The number of hydrogen-bond acceptors (Lipinski definition) is 6. The maximum atomic E-state index is 12.9. The third-order valence-corrected chi connectivity index (χ3v) is 7.13. The Bertz CT molecular complexity index is 952. The van der Waals surface area contributed by atoms with E-state index < -0.39 is 0 Å². The summed E-state index contributed by atoms with van der Waals surface area (Å²) < 4.78 is 0. The molecule has 2 heterocycles. The maximum absolute atomic E-state index is 12.9. The fraction of sp³-hybridized carbons (Fsp3) is 0.400. The summed E-state index contributed by atoms with van der Waals surface area (Å²) in [4.78, 5) is 18.5. The molecular weight excluding hydrogens is 376 g/mol. The van der Waals surface area contributed by atoms with Crippen LogP contribution in [0, 0.1) is 29.6 Å². The fourth-order valence-corrected chi connectivity index (χ4v) is 5.41. The normalized spacial score (nSPS) is 13.9. The second-order valence-corrected chi connectivity index (χ2v) is 8.74. The lowest BCUT2D eigenvalue weighted by Gasteiger charge is -2.14. The first-order chi connectivity index (χ1) is 13.1. The van der Waals surface area contributed by atoms with E-state index in [9.17, 15) is 15.3 Å². The first kappa shape index (κ1) is 19.4. The van der Waals surface area contributed by atoms with Crippen molar-refractivity contribution < 1.29 is 4.79 Å². The average molecular weight is 397 g/mol. The quantitative estimate of drug-likeness (QED) is 0.747. The Kier molecular flexibility index (Phi) is 6.15. The van der Waals surface area contributed by atoms with Crippen molar-refractivity contribution >= 4 is 34.0 Å². The minimum atomic E-state index is -0.378. The van der Waals surface area contributed by atoms with Crippen molar-refractivity contribution in [1.29, 1.82) is 10.5 Å². The molecule has 1 atom stereocenters. The molecule has 0 saturated heterocycles. The van der Waals surface area contributed by atoms with Crippen LogP contribution in [0.3, 0.4) is 0 Å². The van der Waals surface area contributed by atoms with E-state index in [0.717, 1.165) is 36.9 Å². The number of nitrogens with one attached hydrogen (secondary N) is 1. The highest BCUT2D eigenvalue weighted by Gasteiger charge is 2.25. The van der Waals surface area contributed by atoms with E-state index in [0.29, 0.717) is 27.6 Å². The van der Waals surface area contributed by atoms with Crippen LogP contribution in [0.25, 0.3) is 0 Å². The number of thiophene rings is 1. The van der Waals surface area contributed by atoms with Gasteiger partial charge in [0.15, 0.2) is 0 Å². The smallest absolute Gasteiger partial charge is 0.238 e. The molecule has 0 spiro atoms. The highest BCUT2D eigenvalue weighted by molar-refractivity contribution is 8.00. The zero-order valence-corrected chi connectivity index (χ0v) is 17.0.